The lowest BCUT2D eigenvalue weighted by atomic mass is 10.1. The zero-order valence-corrected chi connectivity index (χ0v) is 15.2. The van der Waals surface area contributed by atoms with E-state index in [4.69, 9.17) is 0 Å². The maximum atomic E-state index is 13.0. The van der Waals surface area contributed by atoms with E-state index in [1.165, 1.54) is 17.0 Å². The fourth-order valence-corrected chi connectivity index (χ4v) is 3.08. The van der Waals surface area contributed by atoms with Gasteiger partial charge in [-0.15, -0.1) is 0 Å². The van der Waals surface area contributed by atoms with E-state index >= 15 is 0 Å². The fraction of sp³-hybridized carbons (Fsp3) is 0.611. The number of nitrogens with zero attached hydrogens (tertiary/aromatic N) is 3. The number of rotatable bonds is 6. The Morgan fingerprint density at radius 2 is 2.00 bits per heavy atom. The summed E-state index contributed by atoms with van der Waals surface area (Å²) in [6, 6.07) is 6.28. The predicted molar refractivity (Wildman–Crippen MR) is 94.4 cm³/mol. The molecule has 0 spiro atoms. The molecule has 0 aliphatic carbocycles. The molecule has 1 heterocycles. The molecule has 1 N–H and O–H groups in total. The van der Waals surface area contributed by atoms with Crippen molar-refractivity contribution in [3.63, 3.8) is 0 Å². The van der Waals surface area contributed by atoms with Gasteiger partial charge >= 0.3 is 6.18 Å². The molecule has 8 heteroatoms. The molecule has 146 valence electrons. The Labute approximate surface area is 151 Å². The molecule has 4 nitrogen and oxygen atoms in total. The summed E-state index contributed by atoms with van der Waals surface area (Å²) < 4.78 is 50.4. The van der Waals surface area contributed by atoms with Gasteiger partial charge in [-0.2, -0.15) is 13.2 Å². The second-order valence-electron chi connectivity index (χ2n) is 6.68. The highest BCUT2D eigenvalue weighted by atomic mass is 19.4. The lowest BCUT2D eigenvalue weighted by molar-refractivity contribution is -0.143. The quantitative estimate of drug-likeness (QED) is 0.472. The molecule has 1 aliphatic heterocycles. The Hall–Kier alpha value is -1.83. The lowest BCUT2D eigenvalue weighted by Gasteiger charge is -2.23. The van der Waals surface area contributed by atoms with Crippen molar-refractivity contribution >= 4 is 5.96 Å². The average Bonchev–Trinajstić information content (AvgIpc) is 2.99. The highest BCUT2D eigenvalue weighted by molar-refractivity contribution is 5.79. The molecule has 1 aliphatic rings. The zero-order valence-electron chi connectivity index (χ0n) is 15.2. The molecular formula is C18H26F4N4. The maximum absolute atomic E-state index is 13.0. The molecular weight excluding hydrogens is 348 g/mol. The molecule has 1 aromatic carbocycles. The number of guanidine groups is 1. The topological polar surface area (TPSA) is 30.9 Å². The molecule has 1 aromatic rings. The third kappa shape index (κ3) is 6.82. The van der Waals surface area contributed by atoms with E-state index in [2.05, 4.69) is 10.3 Å². The monoisotopic (exact) mass is 374 g/mol. The third-order valence-electron chi connectivity index (χ3n) is 4.30. The van der Waals surface area contributed by atoms with Gasteiger partial charge in [-0.3, -0.25) is 9.89 Å². The molecule has 0 aromatic heterocycles. The number of halogens is 4. The number of alkyl halides is 3. The van der Waals surface area contributed by atoms with Crippen molar-refractivity contribution < 1.29 is 17.6 Å². The summed E-state index contributed by atoms with van der Waals surface area (Å²) in [5.41, 5.74) is 0.955. The number of hydrogen-bond donors (Lipinski definition) is 1. The van der Waals surface area contributed by atoms with Gasteiger partial charge < -0.3 is 10.2 Å². The summed E-state index contributed by atoms with van der Waals surface area (Å²) in [6.07, 6.45) is -3.43. The Balaban J connectivity index is 1.90. The maximum Gasteiger partial charge on any atom is 0.401 e. The standard InChI is InChI=1S/C18H26F4N4/c1-3-23-17(25(2)11-14-4-6-16(19)7-5-14)24-10-15-8-9-26(12-15)13-18(20,21)22/h4-7,15H,3,8-13H2,1-2H3,(H,23,24). The van der Waals surface area contributed by atoms with E-state index in [1.807, 2.05) is 18.9 Å². The van der Waals surface area contributed by atoms with Gasteiger partial charge in [-0.1, -0.05) is 12.1 Å². The minimum Gasteiger partial charge on any atom is -0.357 e. The Morgan fingerprint density at radius 1 is 1.31 bits per heavy atom. The fourth-order valence-electron chi connectivity index (χ4n) is 3.08. The first kappa shape index (κ1) is 20.5. The number of aliphatic imine (C=N–C) groups is 1. The van der Waals surface area contributed by atoms with Gasteiger partial charge in [0, 0.05) is 33.2 Å². The number of hydrogen-bond acceptors (Lipinski definition) is 2. The first-order valence-electron chi connectivity index (χ1n) is 8.80. The van der Waals surface area contributed by atoms with Crippen LogP contribution in [0.25, 0.3) is 0 Å². The zero-order chi connectivity index (χ0) is 19.2. The van der Waals surface area contributed by atoms with Crippen molar-refractivity contribution in [2.75, 3.05) is 39.8 Å². The normalized spacial score (nSPS) is 19.0. The van der Waals surface area contributed by atoms with Crippen LogP contribution in [-0.2, 0) is 6.54 Å². The SMILES string of the molecule is CCNC(=NCC1CCN(CC(F)(F)F)C1)N(C)Cc1ccc(F)cc1. The van der Waals surface area contributed by atoms with E-state index in [0.29, 0.717) is 38.7 Å². The van der Waals surface area contributed by atoms with Crippen LogP contribution in [0.15, 0.2) is 29.3 Å². The summed E-state index contributed by atoms with van der Waals surface area (Å²) in [7, 11) is 1.88. The van der Waals surface area contributed by atoms with Crippen LogP contribution in [0.1, 0.15) is 18.9 Å². The van der Waals surface area contributed by atoms with Crippen molar-refractivity contribution in [3.05, 3.63) is 35.6 Å². The number of nitrogens with one attached hydrogen (secondary N) is 1. The van der Waals surface area contributed by atoms with Gasteiger partial charge in [0.05, 0.1) is 6.54 Å². The van der Waals surface area contributed by atoms with Gasteiger partial charge in [0.25, 0.3) is 0 Å². The second-order valence-corrected chi connectivity index (χ2v) is 6.68. The highest BCUT2D eigenvalue weighted by Crippen LogP contribution is 2.23. The van der Waals surface area contributed by atoms with Crippen LogP contribution in [-0.4, -0.2) is 61.7 Å². The summed E-state index contributed by atoms with van der Waals surface area (Å²) in [5, 5.41) is 3.20. The molecule has 0 bridgehead atoms. The van der Waals surface area contributed by atoms with Crippen LogP contribution in [0.5, 0.6) is 0 Å². The van der Waals surface area contributed by atoms with Crippen LogP contribution in [0.3, 0.4) is 0 Å². The Kier molecular flexibility index (Phi) is 7.25. The summed E-state index contributed by atoms with van der Waals surface area (Å²) in [5.74, 6) is 0.554. The first-order valence-corrected chi connectivity index (χ1v) is 8.80. The van der Waals surface area contributed by atoms with Gasteiger partial charge in [0.1, 0.15) is 5.82 Å². The highest BCUT2D eigenvalue weighted by Gasteiger charge is 2.34. The first-order chi connectivity index (χ1) is 12.3. The molecule has 1 saturated heterocycles. The summed E-state index contributed by atoms with van der Waals surface area (Å²) in [4.78, 5) is 7.96. The van der Waals surface area contributed by atoms with Crippen molar-refractivity contribution in [1.29, 1.82) is 0 Å². The molecule has 1 atom stereocenters. The average molecular weight is 374 g/mol. The summed E-state index contributed by atoms with van der Waals surface area (Å²) in [6.45, 7) is 3.74. The Morgan fingerprint density at radius 3 is 2.62 bits per heavy atom. The molecule has 2 rings (SSSR count). The van der Waals surface area contributed by atoms with Gasteiger partial charge in [0.15, 0.2) is 5.96 Å². The lowest BCUT2D eigenvalue weighted by Crippen LogP contribution is -2.39. The van der Waals surface area contributed by atoms with Crippen LogP contribution < -0.4 is 5.32 Å². The van der Waals surface area contributed by atoms with E-state index in [1.54, 1.807) is 12.1 Å². The smallest absolute Gasteiger partial charge is 0.357 e. The molecule has 0 amide bonds. The number of likely N-dealkylation sites (tertiary alicyclic amines) is 1. The van der Waals surface area contributed by atoms with E-state index in [0.717, 1.165) is 12.0 Å². The molecule has 26 heavy (non-hydrogen) atoms. The largest absolute Gasteiger partial charge is 0.401 e. The molecule has 1 fully saturated rings. The predicted octanol–water partition coefficient (Wildman–Crippen LogP) is 3.11. The minimum atomic E-state index is -4.15. The van der Waals surface area contributed by atoms with Crippen LogP contribution in [0.2, 0.25) is 0 Å². The summed E-state index contributed by atoms with van der Waals surface area (Å²) >= 11 is 0. The van der Waals surface area contributed by atoms with Crippen molar-refractivity contribution in [2.45, 2.75) is 26.1 Å². The van der Waals surface area contributed by atoms with E-state index < -0.39 is 12.7 Å². The Bertz CT molecular complexity index is 586. The van der Waals surface area contributed by atoms with Gasteiger partial charge in [-0.05, 0) is 43.5 Å². The van der Waals surface area contributed by atoms with Gasteiger partial charge in [-0.25, -0.2) is 4.39 Å². The second kappa shape index (κ2) is 9.21. The molecule has 0 saturated carbocycles. The minimum absolute atomic E-state index is 0.130. The third-order valence-corrected chi connectivity index (χ3v) is 4.30. The van der Waals surface area contributed by atoms with Crippen LogP contribution >= 0.6 is 0 Å². The van der Waals surface area contributed by atoms with E-state index in [-0.39, 0.29) is 11.7 Å². The molecule has 1 unspecified atom stereocenters. The molecule has 0 radical (unpaired) electrons. The van der Waals surface area contributed by atoms with Crippen molar-refractivity contribution in [2.24, 2.45) is 10.9 Å². The van der Waals surface area contributed by atoms with Crippen molar-refractivity contribution in [3.8, 4) is 0 Å². The van der Waals surface area contributed by atoms with E-state index in [9.17, 15) is 17.6 Å². The van der Waals surface area contributed by atoms with Crippen molar-refractivity contribution in [1.82, 2.24) is 15.1 Å². The number of benzene rings is 1. The van der Waals surface area contributed by atoms with Gasteiger partial charge in [0.2, 0.25) is 0 Å². The van der Waals surface area contributed by atoms with Crippen LogP contribution in [0.4, 0.5) is 17.6 Å². The van der Waals surface area contributed by atoms with Crippen LogP contribution in [0, 0.1) is 11.7 Å².